The molecule has 2 N–H and O–H groups in total. The highest BCUT2D eigenvalue weighted by atomic mass is 127. The Labute approximate surface area is 175 Å². The number of ether oxygens (including phenoxy) is 2. The van der Waals surface area contributed by atoms with Gasteiger partial charge in [-0.2, -0.15) is 0 Å². The van der Waals surface area contributed by atoms with E-state index in [-0.39, 0.29) is 24.0 Å². The van der Waals surface area contributed by atoms with Crippen molar-refractivity contribution in [1.82, 2.24) is 15.5 Å². The van der Waals surface area contributed by atoms with Crippen LogP contribution in [0.4, 0.5) is 0 Å². The lowest BCUT2D eigenvalue weighted by atomic mass is 10.1. The SMILES string of the molecule is CCNC(=NCC1CCN(C2CC2)C1)NCCCOCC1CCCO1.I. The highest BCUT2D eigenvalue weighted by Crippen LogP contribution is 2.31. The van der Waals surface area contributed by atoms with Gasteiger partial charge in [0.15, 0.2) is 5.96 Å². The summed E-state index contributed by atoms with van der Waals surface area (Å²) in [5, 5.41) is 6.79. The lowest BCUT2D eigenvalue weighted by Crippen LogP contribution is -2.38. The molecular weight excluding hydrogens is 443 g/mol. The minimum atomic E-state index is 0. The summed E-state index contributed by atoms with van der Waals surface area (Å²) in [6.07, 6.45) is 7.77. The van der Waals surface area contributed by atoms with Gasteiger partial charge in [0.1, 0.15) is 0 Å². The van der Waals surface area contributed by atoms with Crippen LogP contribution in [0.3, 0.4) is 0 Å². The summed E-state index contributed by atoms with van der Waals surface area (Å²) in [6.45, 7) is 9.80. The van der Waals surface area contributed by atoms with E-state index in [9.17, 15) is 0 Å². The van der Waals surface area contributed by atoms with Crippen LogP contribution in [0.2, 0.25) is 0 Å². The van der Waals surface area contributed by atoms with Crippen LogP contribution >= 0.6 is 24.0 Å². The third-order valence-corrected chi connectivity index (χ3v) is 5.32. The smallest absolute Gasteiger partial charge is 0.191 e. The normalized spacial score (nSPS) is 26.7. The maximum Gasteiger partial charge on any atom is 0.191 e. The molecule has 3 fully saturated rings. The van der Waals surface area contributed by atoms with Crippen molar-refractivity contribution in [3.05, 3.63) is 0 Å². The van der Waals surface area contributed by atoms with Gasteiger partial charge in [-0.05, 0) is 57.9 Å². The van der Waals surface area contributed by atoms with E-state index in [0.717, 1.165) is 70.2 Å². The average molecular weight is 480 g/mol. The Hall–Kier alpha value is -0.120. The monoisotopic (exact) mass is 480 g/mol. The molecule has 0 bridgehead atoms. The molecule has 1 saturated carbocycles. The lowest BCUT2D eigenvalue weighted by Gasteiger charge is -2.15. The van der Waals surface area contributed by atoms with E-state index < -0.39 is 0 Å². The van der Waals surface area contributed by atoms with Gasteiger partial charge in [0, 0.05) is 45.4 Å². The second kappa shape index (κ2) is 12.4. The fourth-order valence-electron chi connectivity index (χ4n) is 3.72. The van der Waals surface area contributed by atoms with Gasteiger partial charge in [0.05, 0.1) is 12.7 Å². The molecule has 3 aliphatic rings. The molecule has 2 unspecified atom stereocenters. The van der Waals surface area contributed by atoms with Crippen molar-refractivity contribution in [3.63, 3.8) is 0 Å². The maximum atomic E-state index is 5.71. The molecule has 0 spiro atoms. The van der Waals surface area contributed by atoms with Crippen LogP contribution in [0.5, 0.6) is 0 Å². The van der Waals surface area contributed by atoms with Gasteiger partial charge in [-0.15, -0.1) is 24.0 Å². The standard InChI is InChI=1S/C19H36N4O2.HI/c1-2-20-19(21-9-4-11-24-15-18-5-3-12-25-18)22-13-16-8-10-23(14-16)17-6-7-17;/h16-18H,2-15H2,1H3,(H2,20,21,22);1H. The number of hydrogen-bond donors (Lipinski definition) is 2. The van der Waals surface area contributed by atoms with Crippen LogP contribution in [-0.4, -0.2) is 75.5 Å². The first kappa shape index (κ1) is 22.2. The van der Waals surface area contributed by atoms with Crippen LogP contribution in [0.1, 0.15) is 45.4 Å². The number of guanidine groups is 1. The van der Waals surface area contributed by atoms with Gasteiger partial charge < -0.3 is 25.0 Å². The van der Waals surface area contributed by atoms with Gasteiger partial charge in [0.2, 0.25) is 0 Å². The Kier molecular flexibility index (Phi) is 10.5. The van der Waals surface area contributed by atoms with Crippen molar-refractivity contribution < 1.29 is 9.47 Å². The molecule has 6 nitrogen and oxygen atoms in total. The van der Waals surface area contributed by atoms with Crippen LogP contribution in [0, 0.1) is 5.92 Å². The molecule has 0 aromatic heterocycles. The van der Waals surface area contributed by atoms with E-state index in [1.165, 1.54) is 38.8 Å². The molecule has 0 aromatic carbocycles. The summed E-state index contributed by atoms with van der Waals surface area (Å²) in [7, 11) is 0. The predicted octanol–water partition coefficient (Wildman–Crippen LogP) is 2.23. The Morgan fingerprint density at radius 2 is 2.12 bits per heavy atom. The van der Waals surface area contributed by atoms with Crippen LogP contribution in [0.25, 0.3) is 0 Å². The number of hydrogen-bond acceptors (Lipinski definition) is 4. The van der Waals surface area contributed by atoms with Gasteiger partial charge >= 0.3 is 0 Å². The zero-order valence-electron chi connectivity index (χ0n) is 16.3. The third kappa shape index (κ3) is 7.86. The zero-order chi connectivity index (χ0) is 17.3. The highest BCUT2D eigenvalue weighted by molar-refractivity contribution is 14.0. The van der Waals surface area contributed by atoms with Gasteiger partial charge in [-0.3, -0.25) is 4.99 Å². The highest BCUT2D eigenvalue weighted by Gasteiger charge is 2.34. The van der Waals surface area contributed by atoms with E-state index in [4.69, 9.17) is 14.5 Å². The maximum absolute atomic E-state index is 5.71. The summed E-state index contributed by atoms with van der Waals surface area (Å²) in [4.78, 5) is 7.46. The summed E-state index contributed by atoms with van der Waals surface area (Å²) in [5.74, 6) is 1.68. The van der Waals surface area contributed by atoms with Crippen molar-refractivity contribution in [3.8, 4) is 0 Å². The minimum Gasteiger partial charge on any atom is -0.379 e. The number of rotatable bonds is 10. The quantitative estimate of drug-likeness (QED) is 0.218. The van der Waals surface area contributed by atoms with Gasteiger partial charge in [-0.25, -0.2) is 0 Å². The number of nitrogens with one attached hydrogen (secondary N) is 2. The van der Waals surface area contributed by atoms with Crippen LogP contribution < -0.4 is 10.6 Å². The van der Waals surface area contributed by atoms with E-state index in [1.807, 2.05) is 0 Å². The molecular formula is C19H37IN4O2. The van der Waals surface area contributed by atoms with E-state index >= 15 is 0 Å². The fraction of sp³-hybridized carbons (Fsp3) is 0.947. The first-order valence-corrected chi connectivity index (χ1v) is 10.3. The number of nitrogens with zero attached hydrogens (tertiary/aromatic N) is 2. The van der Waals surface area contributed by atoms with Crippen LogP contribution in [-0.2, 0) is 9.47 Å². The predicted molar refractivity (Wildman–Crippen MR) is 117 cm³/mol. The molecule has 0 amide bonds. The summed E-state index contributed by atoms with van der Waals surface area (Å²) >= 11 is 0. The Morgan fingerprint density at radius 3 is 2.85 bits per heavy atom. The molecule has 2 saturated heterocycles. The van der Waals surface area contributed by atoms with Crippen molar-refractivity contribution >= 4 is 29.9 Å². The van der Waals surface area contributed by atoms with Gasteiger partial charge in [0.25, 0.3) is 0 Å². The van der Waals surface area contributed by atoms with Crippen molar-refractivity contribution in [2.75, 3.05) is 52.5 Å². The molecule has 152 valence electrons. The second-order valence-corrected chi connectivity index (χ2v) is 7.59. The average Bonchev–Trinajstić information content (AvgIpc) is 3.14. The molecule has 0 radical (unpaired) electrons. The minimum absolute atomic E-state index is 0. The number of halogens is 1. The van der Waals surface area contributed by atoms with E-state index in [0.29, 0.717) is 6.10 Å². The summed E-state index contributed by atoms with van der Waals surface area (Å²) < 4.78 is 11.3. The van der Waals surface area contributed by atoms with Crippen LogP contribution in [0.15, 0.2) is 4.99 Å². The molecule has 1 aliphatic carbocycles. The molecule has 2 atom stereocenters. The third-order valence-electron chi connectivity index (χ3n) is 5.32. The molecule has 2 heterocycles. The fourth-order valence-corrected chi connectivity index (χ4v) is 3.72. The second-order valence-electron chi connectivity index (χ2n) is 7.59. The van der Waals surface area contributed by atoms with Crippen molar-refractivity contribution in [1.29, 1.82) is 0 Å². The Morgan fingerprint density at radius 1 is 1.23 bits per heavy atom. The van der Waals surface area contributed by atoms with Crippen molar-refractivity contribution in [2.45, 2.75) is 57.6 Å². The van der Waals surface area contributed by atoms with E-state index in [1.54, 1.807) is 0 Å². The Balaban J connectivity index is 0.00000243. The summed E-state index contributed by atoms with van der Waals surface area (Å²) in [6, 6.07) is 0.898. The summed E-state index contributed by atoms with van der Waals surface area (Å²) in [5.41, 5.74) is 0. The first-order chi connectivity index (χ1) is 12.3. The first-order valence-electron chi connectivity index (χ1n) is 10.3. The number of likely N-dealkylation sites (tertiary alicyclic amines) is 1. The van der Waals surface area contributed by atoms with E-state index in [2.05, 4.69) is 22.5 Å². The molecule has 26 heavy (non-hydrogen) atoms. The Bertz CT molecular complexity index is 414. The largest absolute Gasteiger partial charge is 0.379 e. The molecule has 3 rings (SSSR count). The molecule has 0 aromatic rings. The van der Waals surface area contributed by atoms with Crippen molar-refractivity contribution in [2.24, 2.45) is 10.9 Å². The molecule has 2 aliphatic heterocycles. The number of aliphatic imine (C=N–C) groups is 1. The van der Waals surface area contributed by atoms with Gasteiger partial charge in [-0.1, -0.05) is 0 Å². The molecule has 7 heteroatoms. The zero-order valence-corrected chi connectivity index (χ0v) is 18.6. The topological polar surface area (TPSA) is 58.1 Å². The lowest BCUT2D eigenvalue weighted by molar-refractivity contribution is 0.0168.